The van der Waals surface area contributed by atoms with E-state index in [9.17, 15) is 4.39 Å². The topological polar surface area (TPSA) is 52.0 Å². The molecule has 1 aliphatic rings. The summed E-state index contributed by atoms with van der Waals surface area (Å²) in [4.78, 5) is 0. The van der Waals surface area contributed by atoms with Crippen molar-refractivity contribution in [1.29, 1.82) is 0 Å². The second-order valence-corrected chi connectivity index (χ2v) is 6.20. The van der Waals surface area contributed by atoms with Crippen LogP contribution in [0.5, 0.6) is 5.75 Å². The Morgan fingerprint density at radius 1 is 1.16 bits per heavy atom. The number of rotatable bonds is 4. The van der Waals surface area contributed by atoms with Crippen LogP contribution in [-0.4, -0.2) is 21.4 Å². The molecule has 4 rings (SSSR count). The van der Waals surface area contributed by atoms with Gasteiger partial charge in [0.15, 0.2) is 0 Å². The van der Waals surface area contributed by atoms with Crippen molar-refractivity contribution in [2.24, 2.45) is 0 Å². The number of fused-ring (bicyclic) bond motifs is 1. The highest BCUT2D eigenvalue weighted by molar-refractivity contribution is 5.50. The number of halogens is 1. The molecule has 1 aromatic heterocycles. The minimum absolute atomic E-state index is 0.100. The first-order valence-electron chi connectivity index (χ1n) is 8.38. The second kappa shape index (κ2) is 6.93. The number of aromatic nitrogens is 3. The highest BCUT2D eigenvalue weighted by atomic mass is 19.1. The van der Waals surface area contributed by atoms with Crippen molar-refractivity contribution >= 4 is 5.69 Å². The molecule has 1 unspecified atom stereocenters. The molecule has 0 spiro atoms. The number of anilines is 1. The van der Waals surface area contributed by atoms with Crippen molar-refractivity contribution in [2.45, 2.75) is 25.4 Å². The summed E-state index contributed by atoms with van der Waals surface area (Å²) in [5.41, 5.74) is 3.20. The molecule has 0 saturated heterocycles. The van der Waals surface area contributed by atoms with E-state index in [1.54, 1.807) is 12.7 Å². The molecule has 0 saturated carbocycles. The summed E-state index contributed by atoms with van der Waals surface area (Å²) in [6.07, 6.45) is 5.27. The van der Waals surface area contributed by atoms with Crippen LogP contribution in [0.3, 0.4) is 0 Å². The number of nitrogens with one attached hydrogen (secondary N) is 1. The van der Waals surface area contributed by atoms with Crippen LogP contribution in [0, 0.1) is 5.82 Å². The third-order valence-electron chi connectivity index (χ3n) is 4.35. The Labute approximate surface area is 145 Å². The van der Waals surface area contributed by atoms with Crippen LogP contribution in [0.15, 0.2) is 55.1 Å². The van der Waals surface area contributed by atoms with Crippen molar-refractivity contribution in [1.82, 2.24) is 14.8 Å². The largest absolute Gasteiger partial charge is 0.493 e. The monoisotopic (exact) mass is 338 g/mol. The van der Waals surface area contributed by atoms with Gasteiger partial charge in [0, 0.05) is 17.3 Å². The Balaban J connectivity index is 1.56. The first kappa shape index (κ1) is 15.6. The van der Waals surface area contributed by atoms with Gasteiger partial charge in [0.1, 0.15) is 24.2 Å². The molecule has 0 bridgehead atoms. The standard InChI is InChI=1S/C19H19FN4O/c20-15-6-7-17-18(5-2-8-25-19(17)10-15)23-16-4-1-3-14(9-16)11-24-12-21-22-13-24/h1,3-4,6-7,9-10,12-13,18,23H,2,5,8,11H2. The molecule has 25 heavy (non-hydrogen) atoms. The second-order valence-electron chi connectivity index (χ2n) is 6.20. The molecule has 2 aromatic carbocycles. The predicted molar refractivity (Wildman–Crippen MR) is 93.1 cm³/mol. The number of ether oxygens (including phenoxy) is 1. The van der Waals surface area contributed by atoms with Gasteiger partial charge < -0.3 is 14.6 Å². The van der Waals surface area contributed by atoms with E-state index >= 15 is 0 Å². The zero-order valence-electron chi connectivity index (χ0n) is 13.7. The Morgan fingerprint density at radius 2 is 2.04 bits per heavy atom. The normalized spacial score (nSPS) is 16.6. The van der Waals surface area contributed by atoms with Crippen molar-refractivity contribution in [3.05, 3.63) is 72.1 Å². The third-order valence-corrected chi connectivity index (χ3v) is 4.35. The van der Waals surface area contributed by atoms with E-state index in [0.29, 0.717) is 12.4 Å². The molecule has 1 aliphatic heterocycles. The number of hydrogen-bond acceptors (Lipinski definition) is 4. The summed E-state index contributed by atoms with van der Waals surface area (Å²) in [5, 5.41) is 11.2. The first-order valence-corrected chi connectivity index (χ1v) is 8.38. The summed E-state index contributed by atoms with van der Waals surface area (Å²) >= 11 is 0. The third kappa shape index (κ3) is 3.63. The highest BCUT2D eigenvalue weighted by Crippen LogP contribution is 2.34. The SMILES string of the molecule is Fc1ccc2c(c1)OCCCC2Nc1cccc(Cn2cnnc2)c1. The fourth-order valence-electron chi connectivity index (χ4n) is 3.17. The van der Waals surface area contributed by atoms with Crippen LogP contribution in [0.25, 0.3) is 0 Å². The number of nitrogens with zero attached hydrogens (tertiary/aromatic N) is 3. The fourth-order valence-corrected chi connectivity index (χ4v) is 3.17. The van der Waals surface area contributed by atoms with Gasteiger partial charge in [-0.3, -0.25) is 0 Å². The zero-order valence-corrected chi connectivity index (χ0v) is 13.7. The molecule has 1 atom stereocenters. The quantitative estimate of drug-likeness (QED) is 0.786. The maximum atomic E-state index is 13.5. The van der Waals surface area contributed by atoms with Gasteiger partial charge in [-0.05, 0) is 36.6 Å². The number of hydrogen-bond donors (Lipinski definition) is 1. The molecule has 1 N–H and O–H groups in total. The van der Waals surface area contributed by atoms with E-state index < -0.39 is 0 Å². The Bertz CT molecular complexity index is 850. The van der Waals surface area contributed by atoms with Gasteiger partial charge in [0.05, 0.1) is 19.2 Å². The molecule has 5 nitrogen and oxygen atoms in total. The van der Waals surface area contributed by atoms with E-state index in [1.807, 2.05) is 22.8 Å². The molecule has 6 heteroatoms. The minimum Gasteiger partial charge on any atom is -0.493 e. The molecule has 0 amide bonds. The summed E-state index contributed by atoms with van der Waals surface area (Å²) < 4.78 is 21.1. The van der Waals surface area contributed by atoms with Gasteiger partial charge in [-0.1, -0.05) is 18.2 Å². The number of benzene rings is 2. The Morgan fingerprint density at radius 3 is 2.92 bits per heavy atom. The summed E-state index contributed by atoms with van der Waals surface area (Å²) in [6.45, 7) is 1.33. The van der Waals surface area contributed by atoms with E-state index in [4.69, 9.17) is 4.74 Å². The summed E-state index contributed by atoms with van der Waals surface area (Å²) in [7, 11) is 0. The van der Waals surface area contributed by atoms with E-state index in [0.717, 1.165) is 36.2 Å². The van der Waals surface area contributed by atoms with Crippen LogP contribution in [-0.2, 0) is 6.54 Å². The van der Waals surface area contributed by atoms with Crippen LogP contribution in [0.4, 0.5) is 10.1 Å². The molecule has 0 radical (unpaired) electrons. The van der Waals surface area contributed by atoms with Gasteiger partial charge in [-0.2, -0.15) is 0 Å². The van der Waals surface area contributed by atoms with E-state index in [1.165, 1.54) is 12.1 Å². The lowest BCUT2D eigenvalue weighted by molar-refractivity contribution is 0.315. The molecule has 0 fully saturated rings. The zero-order chi connectivity index (χ0) is 17.1. The first-order chi connectivity index (χ1) is 12.3. The highest BCUT2D eigenvalue weighted by Gasteiger charge is 2.20. The molecule has 128 valence electrons. The Kier molecular flexibility index (Phi) is 4.33. The maximum absolute atomic E-state index is 13.5. The van der Waals surface area contributed by atoms with E-state index in [-0.39, 0.29) is 11.9 Å². The van der Waals surface area contributed by atoms with Crippen LogP contribution >= 0.6 is 0 Å². The van der Waals surface area contributed by atoms with Crippen molar-refractivity contribution in [2.75, 3.05) is 11.9 Å². The van der Waals surface area contributed by atoms with Crippen LogP contribution in [0.2, 0.25) is 0 Å². The fraction of sp³-hybridized carbons (Fsp3) is 0.263. The van der Waals surface area contributed by atoms with Crippen molar-refractivity contribution < 1.29 is 9.13 Å². The predicted octanol–water partition coefficient (Wildman–Crippen LogP) is 3.79. The maximum Gasteiger partial charge on any atom is 0.127 e. The van der Waals surface area contributed by atoms with Crippen molar-refractivity contribution in [3.63, 3.8) is 0 Å². The molecule has 3 aromatic rings. The lowest BCUT2D eigenvalue weighted by atomic mass is 10.0. The lowest BCUT2D eigenvalue weighted by Crippen LogP contribution is -2.10. The van der Waals surface area contributed by atoms with E-state index in [2.05, 4.69) is 27.6 Å². The molecule has 0 aliphatic carbocycles. The smallest absolute Gasteiger partial charge is 0.127 e. The van der Waals surface area contributed by atoms with Gasteiger partial charge in [0.2, 0.25) is 0 Å². The van der Waals surface area contributed by atoms with Crippen LogP contribution in [0.1, 0.15) is 30.0 Å². The Hall–Kier alpha value is -2.89. The summed E-state index contributed by atoms with van der Waals surface area (Å²) in [5.74, 6) is 0.367. The minimum atomic E-state index is -0.268. The average molecular weight is 338 g/mol. The van der Waals surface area contributed by atoms with Gasteiger partial charge in [0.25, 0.3) is 0 Å². The molecular weight excluding hydrogens is 319 g/mol. The average Bonchev–Trinajstić information content (AvgIpc) is 3.03. The molecule has 2 heterocycles. The van der Waals surface area contributed by atoms with Gasteiger partial charge in [-0.15, -0.1) is 10.2 Å². The van der Waals surface area contributed by atoms with Crippen LogP contribution < -0.4 is 10.1 Å². The van der Waals surface area contributed by atoms with Crippen molar-refractivity contribution in [3.8, 4) is 5.75 Å². The summed E-state index contributed by atoms with van der Waals surface area (Å²) in [6, 6.07) is 13.1. The molecular formula is C19H19FN4O. The van der Waals surface area contributed by atoms with Gasteiger partial charge in [-0.25, -0.2) is 4.39 Å². The van der Waals surface area contributed by atoms with Gasteiger partial charge >= 0.3 is 0 Å². The lowest BCUT2D eigenvalue weighted by Gasteiger charge is -2.20.